The van der Waals surface area contributed by atoms with Gasteiger partial charge in [-0.3, -0.25) is 9.59 Å². The zero-order valence-electron chi connectivity index (χ0n) is 11.0. The summed E-state index contributed by atoms with van der Waals surface area (Å²) in [5, 5.41) is 5.70. The van der Waals surface area contributed by atoms with Gasteiger partial charge in [-0.1, -0.05) is 22.0 Å². The van der Waals surface area contributed by atoms with E-state index in [9.17, 15) is 9.59 Å². The Morgan fingerprint density at radius 3 is 2.58 bits per heavy atom. The number of nitrogens with one attached hydrogen (secondary N) is 2. The number of amides is 2. The minimum absolute atomic E-state index is 0.0864. The van der Waals surface area contributed by atoms with Crippen molar-refractivity contribution >= 4 is 33.4 Å². The molecule has 19 heavy (non-hydrogen) atoms. The third-order valence-corrected chi connectivity index (χ3v) is 3.20. The highest BCUT2D eigenvalue weighted by molar-refractivity contribution is 9.10. The minimum Gasteiger partial charge on any atom is -0.349 e. The summed E-state index contributed by atoms with van der Waals surface area (Å²) >= 11 is 3.30. The number of hydrogen-bond acceptors (Lipinski definition) is 2. The molecule has 2 rings (SSSR count). The Morgan fingerprint density at radius 1 is 1.32 bits per heavy atom. The van der Waals surface area contributed by atoms with Gasteiger partial charge in [0.2, 0.25) is 5.91 Å². The first-order valence-corrected chi connectivity index (χ1v) is 7.07. The average molecular weight is 325 g/mol. The monoisotopic (exact) mass is 324 g/mol. The van der Waals surface area contributed by atoms with Crippen LogP contribution in [0.4, 0.5) is 5.69 Å². The molecule has 0 aromatic heterocycles. The van der Waals surface area contributed by atoms with Gasteiger partial charge < -0.3 is 10.6 Å². The molecule has 0 heterocycles. The van der Waals surface area contributed by atoms with E-state index < -0.39 is 4.32 Å². The summed E-state index contributed by atoms with van der Waals surface area (Å²) < 4.78 is -0.640. The Balaban J connectivity index is 2.06. The Labute approximate surface area is 121 Å². The highest BCUT2D eigenvalue weighted by atomic mass is 79.9. The molecule has 1 aromatic carbocycles. The molecule has 0 unspecified atom stereocenters. The van der Waals surface area contributed by atoms with Crippen LogP contribution in [0, 0.1) is 0 Å². The average Bonchev–Trinajstić information content (AvgIpc) is 3.12. The Kier molecular flexibility index (Phi) is 3.94. The topological polar surface area (TPSA) is 58.2 Å². The Bertz CT molecular complexity index is 504. The molecule has 0 radical (unpaired) electrons. The number of rotatable bonds is 4. The molecule has 1 aromatic rings. The molecular weight excluding hydrogens is 308 g/mol. The van der Waals surface area contributed by atoms with Crippen LogP contribution in [0.1, 0.15) is 37.0 Å². The second-order valence-electron chi connectivity index (χ2n) is 5.26. The fourth-order valence-electron chi connectivity index (χ4n) is 1.51. The molecule has 1 saturated carbocycles. The van der Waals surface area contributed by atoms with Crippen LogP contribution in [0.15, 0.2) is 24.3 Å². The standard InChI is InChI=1S/C14H17BrN2O2/c1-14(2,15)13(19)17-11-5-3-4-9(8-11)12(18)16-10-6-7-10/h3-5,8,10H,6-7H2,1-2H3,(H,16,18)(H,17,19). The van der Waals surface area contributed by atoms with Crippen LogP contribution in [0.2, 0.25) is 0 Å². The van der Waals surface area contributed by atoms with E-state index in [4.69, 9.17) is 0 Å². The summed E-state index contributed by atoms with van der Waals surface area (Å²) in [7, 11) is 0. The predicted octanol–water partition coefficient (Wildman–Crippen LogP) is 2.69. The lowest BCUT2D eigenvalue weighted by Crippen LogP contribution is -2.31. The number of carbonyl (C=O) groups excluding carboxylic acids is 2. The van der Waals surface area contributed by atoms with Crippen molar-refractivity contribution in [3.8, 4) is 0 Å². The van der Waals surface area contributed by atoms with Gasteiger partial charge in [0.1, 0.15) is 0 Å². The Morgan fingerprint density at radius 2 is 2.00 bits per heavy atom. The molecule has 5 heteroatoms. The molecule has 0 aliphatic heterocycles. The first-order valence-electron chi connectivity index (χ1n) is 6.27. The number of alkyl halides is 1. The summed E-state index contributed by atoms with van der Waals surface area (Å²) in [6.45, 7) is 3.54. The number of benzene rings is 1. The fourth-order valence-corrected chi connectivity index (χ4v) is 1.61. The first-order chi connectivity index (χ1) is 8.86. The van der Waals surface area contributed by atoms with Gasteiger partial charge in [0.05, 0.1) is 4.32 Å². The van der Waals surface area contributed by atoms with E-state index in [0.29, 0.717) is 17.3 Å². The molecule has 2 N–H and O–H groups in total. The number of hydrogen-bond donors (Lipinski definition) is 2. The molecule has 1 aliphatic rings. The lowest BCUT2D eigenvalue weighted by atomic mass is 10.1. The molecule has 2 amide bonds. The highest BCUT2D eigenvalue weighted by Gasteiger charge is 2.25. The SMILES string of the molecule is CC(C)(Br)C(=O)Nc1cccc(C(=O)NC2CC2)c1. The lowest BCUT2D eigenvalue weighted by Gasteiger charge is -2.16. The van der Waals surface area contributed by atoms with E-state index in [0.717, 1.165) is 12.8 Å². The van der Waals surface area contributed by atoms with Crippen molar-refractivity contribution in [2.45, 2.75) is 37.1 Å². The maximum Gasteiger partial charge on any atom is 0.251 e. The van der Waals surface area contributed by atoms with E-state index in [-0.39, 0.29) is 11.8 Å². The van der Waals surface area contributed by atoms with E-state index in [1.54, 1.807) is 38.1 Å². The van der Waals surface area contributed by atoms with Crippen LogP contribution in [0.25, 0.3) is 0 Å². The van der Waals surface area contributed by atoms with Crippen LogP contribution in [0.5, 0.6) is 0 Å². The van der Waals surface area contributed by atoms with Gasteiger partial charge in [0.25, 0.3) is 5.91 Å². The number of halogens is 1. The first kappa shape index (κ1) is 14.1. The highest BCUT2D eigenvalue weighted by Crippen LogP contribution is 2.21. The van der Waals surface area contributed by atoms with Crippen molar-refractivity contribution in [1.29, 1.82) is 0 Å². The summed E-state index contributed by atoms with van der Waals surface area (Å²) in [4.78, 5) is 23.7. The normalized spacial score (nSPS) is 14.9. The quantitative estimate of drug-likeness (QED) is 0.836. The summed E-state index contributed by atoms with van der Waals surface area (Å²) in [5.41, 5.74) is 1.19. The molecule has 0 atom stereocenters. The van der Waals surface area contributed by atoms with Crippen LogP contribution >= 0.6 is 15.9 Å². The largest absolute Gasteiger partial charge is 0.349 e. The van der Waals surface area contributed by atoms with Gasteiger partial charge in [0.15, 0.2) is 0 Å². The Hall–Kier alpha value is -1.36. The molecule has 102 valence electrons. The summed E-state index contributed by atoms with van der Waals surface area (Å²) in [6.07, 6.45) is 2.11. The van der Waals surface area contributed by atoms with Crippen LogP contribution in [-0.2, 0) is 4.79 Å². The molecule has 0 bridgehead atoms. The molecule has 1 aliphatic carbocycles. The number of anilines is 1. The van der Waals surface area contributed by atoms with Crippen molar-refractivity contribution in [2.24, 2.45) is 0 Å². The molecular formula is C14H17BrN2O2. The zero-order chi connectivity index (χ0) is 14.0. The van der Waals surface area contributed by atoms with Crippen molar-refractivity contribution in [3.63, 3.8) is 0 Å². The lowest BCUT2D eigenvalue weighted by molar-refractivity contribution is -0.117. The van der Waals surface area contributed by atoms with E-state index >= 15 is 0 Å². The van der Waals surface area contributed by atoms with E-state index in [1.807, 2.05) is 0 Å². The van der Waals surface area contributed by atoms with Crippen LogP contribution in [-0.4, -0.2) is 22.2 Å². The molecule has 1 fully saturated rings. The van der Waals surface area contributed by atoms with Gasteiger partial charge >= 0.3 is 0 Å². The van der Waals surface area contributed by atoms with Crippen LogP contribution in [0.3, 0.4) is 0 Å². The second kappa shape index (κ2) is 5.33. The van der Waals surface area contributed by atoms with Crippen molar-refractivity contribution in [3.05, 3.63) is 29.8 Å². The van der Waals surface area contributed by atoms with Gasteiger partial charge in [-0.2, -0.15) is 0 Å². The summed E-state index contributed by atoms with van der Waals surface area (Å²) in [5.74, 6) is -0.232. The van der Waals surface area contributed by atoms with E-state index in [1.165, 1.54) is 0 Å². The summed E-state index contributed by atoms with van der Waals surface area (Å²) in [6, 6.07) is 7.29. The third kappa shape index (κ3) is 4.06. The van der Waals surface area contributed by atoms with Crippen molar-refractivity contribution in [2.75, 3.05) is 5.32 Å². The van der Waals surface area contributed by atoms with Gasteiger partial charge in [0, 0.05) is 17.3 Å². The van der Waals surface area contributed by atoms with E-state index in [2.05, 4.69) is 26.6 Å². The maximum atomic E-state index is 11.9. The zero-order valence-corrected chi connectivity index (χ0v) is 12.6. The predicted molar refractivity (Wildman–Crippen MR) is 78.6 cm³/mol. The fraction of sp³-hybridized carbons (Fsp3) is 0.429. The molecule has 4 nitrogen and oxygen atoms in total. The molecule has 0 spiro atoms. The van der Waals surface area contributed by atoms with Crippen LogP contribution < -0.4 is 10.6 Å². The van der Waals surface area contributed by atoms with Gasteiger partial charge in [-0.25, -0.2) is 0 Å². The smallest absolute Gasteiger partial charge is 0.251 e. The van der Waals surface area contributed by atoms with Gasteiger partial charge in [-0.15, -0.1) is 0 Å². The third-order valence-electron chi connectivity index (χ3n) is 2.84. The molecule has 0 saturated heterocycles. The van der Waals surface area contributed by atoms with Crippen molar-refractivity contribution < 1.29 is 9.59 Å². The number of carbonyl (C=O) groups is 2. The van der Waals surface area contributed by atoms with Crippen molar-refractivity contribution in [1.82, 2.24) is 5.32 Å². The minimum atomic E-state index is -0.640. The second-order valence-corrected chi connectivity index (χ2v) is 7.24. The van der Waals surface area contributed by atoms with Gasteiger partial charge in [-0.05, 0) is 44.9 Å². The maximum absolute atomic E-state index is 11.9.